The summed E-state index contributed by atoms with van der Waals surface area (Å²) in [6, 6.07) is 7.82. The van der Waals surface area contributed by atoms with Gasteiger partial charge in [-0.2, -0.15) is 0 Å². The van der Waals surface area contributed by atoms with E-state index in [0.29, 0.717) is 24.3 Å². The van der Waals surface area contributed by atoms with E-state index < -0.39 is 11.9 Å². The lowest BCUT2D eigenvalue weighted by Crippen LogP contribution is -2.21. The largest absolute Gasteiger partial charge is 0.481 e. The summed E-state index contributed by atoms with van der Waals surface area (Å²) in [6.07, 6.45) is 2.21. The van der Waals surface area contributed by atoms with Crippen molar-refractivity contribution in [3.05, 3.63) is 41.5 Å². The van der Waals surface area contributed by atoms with Crippen LogP contribution in [0.5, 0.6) is 0 Å². The van der Waals surface area contributed by atoms with E-state index in [-0.39, 0.29) is 5.78 Å². The fraction of sp³-hybridized carbons (Fsp3) is 0.375. The van der Waals surface area contributed by atoms with Crippen molar-refractivity contribution in [2.24, 2.45) is 5.92 Å². The predicted octanol–water partition coefficient (Wildman–Crippen LogP) is 3.26. The smallest absolute Gasteiger partial charge is 0.311 e. The Bertz CT molecular complexity index is 523. The maximum absolute atomic E-state index is 11.5. The fourth-order valence-electron chi connectivity index (χ4n) is 2.39. The quantitative estimate of drug-likeness (QED) is 0.905. The van der Waals surface area contributed by atoms with Gasteiger partial charge in [0.05, 0.1) is 5.92 Å². The summed E-state index contributed by atoms with van der Waals surface area (Å²) in [6.45, 7) is 4.22. The molecular weight excluding hydrogens is 240 g/mol. The van der Waals surface area contributed by atoms with Crippen molar-refractivity contribution in [3.8, 4) is 0 Å². The zero-order valence-electron chi connectivity index (χ0n) is 11.2. The first-order valence-corrected chi connectivity index (χ1v) is 6.56. The summed E-state index contributed by atoms with van der Waals surface area (Å²) < 4.78 is 0. The molecule has 0 radical (unpaired) electrons. The van der Waals surface area contributed by atoms with Gasteiger partial charge in [-0.15, -0.1) is 0 Å². The third-order valence-corrected chi connectivity index (χ3v) is 3.58. The summed E-state index contributed by atoms with van der Waals surface area (Å²) in [5.41, 5.74) is 2.68. The topological polar surface area (TPSA) is 54.4 Å². The Balaban J connectivity index is 2.37. The van der Waals surface area contributed by atoms with Crippen molar-refractivity contribution >= 4 is 17.3 Å². The highest BCUT2D eigenvalue weighted by Crippen LogP contribution is 2.32. The maximum Gasteiger partial charge on any atom is 0.311 e. The van der Waals surface area contributed by atoms with Crippen molar-refractivity contribution in [3.63, 3.8) is 0 Å². The molecule has 0 aliphatic heterocycles. The van der Waals surface area contributed by atoms with E-state index >= 15 is 0 Å². The second-order valence-corrected chi connectivity index (χ2v) is 5.27. The van der Waals surface area contributed by atoms with Crippen molar-refractivity contribution in [2.75, 3.05) is 0 Å². The second-order valence-electron chi connectivity index (χ2n) is 5.27. The molecule has 2 rings (SSSR count). The van der Waals surface area contributed by atoms with Crippen LogP contribution in [0.15, 0.2) is 30.3 Å². The Morgan fingerprint density at radius 1 is 1.26 bits per heavy atom. The number of hydrogen-bond acceptors (Lipinski definition) is 2. The van der Waals surface area contributed by atoms with Gasteiger partial charge in [0.2, 0.25) is 0 Å². The molecule has 19 heavy (non-hydrogen) atoms. The van der Waals surface area contributed by atoms with Gasteiger partial charge in [-0.3, -0.25) is 9.59 Å². The molecule has 1 aromatic rings. The van der Waals surface area contributed by atoms with E-state index in [4.69, 9.17) is 0 Å². The molecule has 0 heterocycles. The first-order valence-electron chi connectivity index (χ1n) is 6.56. The molecule has 3 heteroatoms. The molecule has 0 aromatic heterocycles. The van der Waals surface area contributed by atoms with E-state index in [1.54, 1.807) is 0 Å². The Kier molecular flexibility index (Phi) is 3.84. The van der Waals surface area contributed by atoms with Gasteiger partial charge in [0.1, 0.15) is 0 Å². The molecule has 1 aromatic carbocycles. The number of carbonyl (C=O) groups is 2. The minimum Gasteiger partial charge on any atom is -0.481 e. The van der Waals surface area contributed by atoms with Gasteiger partial charge in [-0.1, -0.05) is 38.1 Å². The van der Waals surface area contributed by atoms with Crippen molar-refractivity contribution in [1.29, 1.82) is 0 Å². The van der Waals surface area contributed by atoms with Crippen LogP contribution in [0.1, 0.15) is 43.7 Å². The number of carbonyl (C=O) groups excluding carboxylic acids is 1. The molecule has 100 valence electrons. The average Bonchev–Trinajstić information content (AvgIpc) is 2.38. The van der Waals surface area contributed by atoms with Crippen LogP contribution in [0.25, 0.3) is 5.57 Å². The SMILES string of the molecule is CC(C)c1ccc(C2=CC(=O)CCC2C(=O)O)cc1. The first kappa shape index (κ1) is 13.5. The molecular formula is C16H18O3. The number of aliphatic carboxylic acids is 1. The van der Waals surface area contributed by atoms with Crippen LogP contribution in [-0.4, -0.2) is 16.9 Å². The zero-order valence-corrected chi connectivity index (χ0v) is 11.2. The zero-order chi connectivity index (χ0) is 14.0. The molecule has 0 amide bonds. The van der Waals surface area contributed by atoms with Gasteiger partial charge in [-0.05, 0) is 35.1 Å². The number of carboxylic acid groups (broad SMARTS) is 1. The lowest BCUT2D eigenvalue weighted by Gasteiger charge is -2.20. The Labute approximate surface area is 113 Å². The highest BCUT2D eigenvalue weighted by molar-refractivity contribution is 6.03. The summed E-state index contributed by atoms with van der Waals surface area (Å²) in [5, 5.41) is 9.25. The Hall–Kier alpha value is -1.90. The van der Waals surface area contributed by atoms with Gasteiger partial charge in [0.25, 0.3) is 0 Å². The Morgan fingerprint density at radius 3 is 2.42 bits per heavy atom. The molecule has 1 aliphatic rings. The first-order chi connectivity index (χ1) is 8.99. The van der Waals surface area contributed by atoms with Gasteiger partial charge in [-0.25, -0.2) is 0 Å². The molecule has 0 spiro atoms. The third kappa shape index (κ3) is 2.92. The van der Waals surface area contributed by atoms with E-state index in [1.165, 1.54) is 11.6 Å². The number of benzene rings is 1. The van der Waals surface area contributed by atoms with Crippen molar-refractivity contribution in [1.82, 2.24) is 0 Å². The molecule has 3 nitrogen and oxygen atoms in total. The molecule has 1 unspecified atom stereocenters. The van der Waals surface area contributed by atoms with E-state index in [9.17, 15) is 14.7 Å². The van der Waals surface area contributed by atoms with Crippen molar-refractivity contribution in [2.45, 2.75) is 32.6 Å². The fourth-order valence-corrected chi connectivity index (χ4v) is 2.39. The molecule has 0 bridgehead atoms. The third-order valence-electron chi connectivity index (χ3n) is 3.58. The van der Waals surface area contributed by atoms with Gasteiger partial charge >= 0.3 is 5.97 Å². The number of ketones is 1. The number of allylic oxidation sites excluding steroid dienone is 1. The highest BCUT2D eigenvalue weighted by atomic mass is 16.4. The number of rotatable bonds is 3. The second kappa shape index (κ2) is 5.39. The maximum atomic E-state index is 11.5. The van der Waals surface area contributed by atoms with Crippen LogP contribution in [0, 0.1) is 5.92 Å². The van der Waals surface area contributed by atoms with E-state index in [0.717, 1.165) is 5.56 Å². The minimum absolute atomic E-state index is 0.0143. The van der Waals surface area contributed by atoms with Crippen LogP contribution in [0.4, 0.5) is 0 Å². The Morgan fingerprint density at radius 2 is 1.89 bits per heavy atom. The normalized spacial score (nSPS) is 19.4. The highest BCUT2D eigenvalue weighted by Gasteiger charge is 2.28. The summed E-state index contributed by atoms with van der Waals surface area (Å²) >= 11 is 0. The standard InChI is InChI=1S/C16H18O3/c1-10(2)11-3-5-12(6-4-11)15-9-13(17)7-8-14(15)16(18)19/h3-6,9-10,14H,7-8H2,1-2H3,(H,18,19). The lowest BCUT2D eigenvalue weighted by molar-refractivity contribution is -0.140. The predicted molar refractivity (Wildman–Crippen MR) is 73.9 cm³/mol. The molecule has 1 atom stereocenters. The molecule has 1 aliphatic carbocycles. The molecule has 0 fully saturated rings. The minimum atomic E-state index is -0.855. The van der Waals surface area contributed by atoms with Crippen LogP contribution in [-0.2, 0) is 9.59 Å². The molecule has 0 saturated carbocycles. The van der Waals surface area contributed by atoms with Crippen LogP contribution in [0.2, 0.25) is 0 Å². The van der Waals surface area contributed by atoms with E-state index in [2.05, 4.69) is 13.8 Å². The number of carboxylic acids is 1. The lowest BCUT2D eigenvalue weighted by atomic mass is 9.83. The van der Waals surface area contributed by atoms with Crippen LogP contribution >= 0.6 is 0 Å². The number of hydrogen-bond donors (Lipinski definition) is 1. The van der Waals surface area contributed by atoms with Gasteiger partial charge < -0.3 is 5.11 Å². The van der Waals surface area contributed by atoms with Gasteiger partial charge in [0, 0.05) is 6.42 Å². The van der Waals surface area contributed by atoms with Gasteiger partial charge in [0.15, 0.2) is 5.78 Å². The van der Waals surface area contributed by atoms with E-state index in [1.807, 2.05) is 24.3 Å². The monoisotopic (exact) mass is 258 g/mol. The summed E-state index contributed by atoms with van der Waals surface area (Å²) in [5.74, 6) is -0.971. The van der Waals surface area contributed by atoms with Crippen LogP contribution < -0.4 is 0 Å². The summed E-state index contributed by atoms with van der Waals surface area (Å²) in [7, 11) is 0. The van der Waals surface area contributed by atoms with Crippen molar-refractivity contribution < 1.29 is 14.7 Å². The average molecular weight is 258 g/mol. The summed E-state index contributed by atoms with van der Waals surface area (Å²) in [4.78, 5) is 22.8. The van der Waals surface area contributed by atoms with Crippen LogP contribution in [0.3, 0.4) is 0 Å². The molecule has 0 saturated heterocycles. The molecule has 1 N–H and O–H groups in total.